The molecule has 0 radical (unpaired) electrons. The summed E-state index contributed by atoms with van der Waals surface area (Å²) in [5, 5.41) is 0.704. The third-order valence-electron chi connectivity index (χ3n) is 6.73. The Morgan fingerprint density at radius 2 is 1.54 bits per heavy atom. The number of alkyl halides is 3. The van der Waals surface area contributed by atoms with Crippen molar-refractivity contribution >= 4 is 16.9 Å². The number of halogens is 3. The molecule has 210 valence electrons. The van der Waals surface area contributed by atoms with Gasteiger partial charge in [0, 0.05) is 23.0 Å². The van der Waals surface area contributed by atoms with Crippen LogP contribution in [0.3, 0.4) is 0 Å². The van der Waals surface area contributed by atoms with E-state index < -0.39 is 17.7 Å². The van der Waals surface area contributed by atoms with Crippen molar-refractivity contribution in [3.05, 3.63) is 119 Å². The largest absolute Gasteiger partial charge is 0.497 e. The Morgan fingerprint density at radius 3 is 2.22 bits per heavy atom. The zero-order chi connectivity index (χ0) is 29.0. The summed E-state index contributed by atoms with van der Waals surface area (Å²) in [5.74, 6) is 0.655. The number of rotatable bonds is 9. The van der Waals surface area contributed by atoms with Crippen LogP contribution in [0.25, 0.3) is 22.0 Å². The standard InChI is InChI=1S/C33H28F3NO4/c1-3-40-32(38)31-30(24-12-14-26(39-2)15-13-24)28-19-27(41-21-22-8-5-4-6-9-22)16-17-29(28)37(31)20-23-10-7-11-25(18-23)33(34,35)36/h4-19H,3,20-21H2,1-2H3. The fourth-order valence-corrected chi connectivity index (χ4v) is 4.82. The van der Waals surface area contributed by atoms with Gasteiger partial charge in [0.25, 0.3) is 0 Å². The molecule has 41 heavy (non-hydrogen) atoms. The third-order valence-corrected chi connectivity index (χ3v) is 6.73. The average Bonchev–Trinajstić information content (AvgIpc) is 3.29. The molecule has 0 aliphatic heterocycles. The summed E-state index contributed by atoms with van der Waals surface area (Å²) >= 11 is 0. The topological polar surface area (TPSA) is 49.7 Å². The highest BCUT2D eigenvalue weighted by atomic mass is 19.4. The minimum Gasteiger partial charge on any atom is -0.497 e. The summed E-state index contributed by atoms with van der Waals surface area (Å²) in [7, 11) is 1.57. The average molecular weight is 560 g/mol. The van der Waals surface area contributed by atoms with E-state index in [1.807, 2.05) is 54.6 Å². The number of benzene rings is 4. The van der Waals surface area contributed by atoms with Crippen molar-refractivity contribution in [2.24, 2.45) is 0 Å². The van der Waals surface area contributed by atoms with E-state index in [0.29, 0.717) is 40.1 Å². The highest BCUT2D eigenvalue weighted by molar-refractivity contribution is 6.09. The van der Waals surface area contributed by atoms with Crippen molar-refractivity contribution in [2.45, 2.75) is 26.3 Å². The summed E-state index contributed by atoms with van der Waals surface area (Å²) in [6.07, 6.45) is -4.49. The number of hydrogen-bond donors (Lipinski definition) is 0. The summed E-state index contributed by atoms with van der Waals surface area (Å²) in [6.45, 7) is 2.21. The molecule has 5 rings (SSSR count). The lowest BCUT2D eigenvalue weighted by molar-refractivity contribution is -0.137. The molecule has 0 bridgehead atoms. The summed E-state index contributed by atoms with van der Waals surface area (Å²) < 4.78 is 59.0. The number of carbonyl (C=O) groups is 1. The molecule has 0 N–H and O–H groups in total. The van der Waals surface area contributed by atoms with E-state index in [9.17, 15) is 18.0 Å². The van der Waals surface area contributed by atoms with Gasteiger partial charge < -0.3 is 18.8 Å². The van der Waals surface area contributed by atoms with Crippen LogP contribution in [0, 0.1) is 0 Å². The Labute approximate surface area is 235 Å². The Hall–Kier alpha value is -4.72. The van der Waals surface area contributed by atoms with Gasteiger partial charge in [-0.3, -0.25) is 0 Å². The Kier molecular flexibility index (Phi) is 8.01. The molecule has 0 aliphatic rings. The van der Waals surface area contributed by atoms with Crippen molar-refractivity contribution in [3.63, 3.8) is 0 Å². The number of ether oxygens (including phenoxy) is 3. The Balaban J connectivity index is 1.68. The summed E-state index contributed by atoms with van der Waals surface area (Å²) in [4.78, 5) is 13.5. The smallest absolute Gasteiger partial charge is 0.416 e. The second-order valence-electron chi connectivity index (χ2n) is 9.41. The SMILES string of the molecule is CCOC(=O)c1c(-c2ccc(OC)cc2)c2cc(OCc3ccccc3)ccc2n1Cc1cccc(C(F)(F)F)c1. The number of esters is 1. The molecule has 8 heteroatoms. The van der Waals surface area contributed by atoms with Gasteiger partial charge in [-0.1, -0.05) is 54.6 Å². The number of carbonyl (C=O) groups excluding carboxylic acids is 1. The summed E-state index contributed by atoms with van der Waals surface area (Å²) in [6, 6.07) is 27.5. The number of aromatic nitrogens is 1. The molecule has 0 spiro atoms. The maximum Gasteiger partial charge on any atom is 0.416 e. The molecular formula is C33H28F3NO4. The van der Waals surface area contributed by atoms with Crippen molar-refractivity contribution in [1.29, 1.82) is 0 Å². The maximum atomic E-state index is 13.5. The van der Waals surface area contributed by atoms with E-state index in [-0.39, 0.29) is 18.8 Å². The lowest BCUT2D eigenvalue weighted by atomic mass is 10.0. The first-order chi connectivity index (χ1) is 19.8. The number of hydrogen-bond acceptors (Lipinski definition) is 4. The van der Waals surface area contributed by atoms with Gasteiger partial charge in [0.05, 0.1) is 19.3 Å². The fourth-order valence-electron chi connectivity index (χ4n) is 4.82. The van der Waals surface area contributed by atoms with Crippen LogP contribution in [0.4, 0.5) is 13.2 Å². The Morgan fingerprint density at radius 1 is 0.829 bits per heavy atom. The van der Waals surface area contributed by atoms with Gasteiger partial charge in [-0.2, -0.15) is 13.2 Å². The number of methoxy groups -OCH3 is 1. The van der Waals surface area contributed by atoms with Crippen LogP contribution < -0.4 is 9.47 Å². The highest BCUT2D eigenvalue weighted by Crippen LogP contribution is 2.39. The van der Waals surface area contributed by atoms with Crippen molar-refractivity contribution in [1.82, 2.24) is 4.57 Å². The highest BCUT2D eigenvalue weighted by Gasteiger charge is 2.31. The first kappa shape index (κ1) is 27.8. The third kappa shape index (κ3) is 6.06. The van der Waals surface area contributed by atoms with E-state index in [0.717, 1.165) is 23.3 Å². The van der Waals surface area contributed by atoms with Crippen molar-refractivity contribution < 1.29 is 32.2 Å². The van der Waals surface area contributed by atoms with Crippen LogP contribution in [0.15, 0.2) is 97.1 Å². The van der Waals surface area contributed by atoms with E-state index in [1.54, 1.807) is 42.9 Å². The van der Waals surface area contributed by atoms with Crippen LogP contribution in [-0.2, 0) is 24.1 Å². The lowest BCUT2D eigenvalue weighted by Gasteiger charge is -2.14. The summed E-state index contributed by atoms with van der Waals surface area (Å²) in [5.41, 5.74) is 2.86. The quantitative estimate of drug-likeness (QED) is 0.171. The van der Waals surface area contributed by atoms with Crippen LogP contribution in [-0.4, -0.2) is 24.3 Å². The molecule has 4 aromatic carbocycles. The van der Waals surface area contributed by atoms with Crippen LogP contribution in [0.1, 0.15) is 34.1 Å². The number of nitrogens with zero attached hydrogens (tertiary/aromatic N) is 1. The predicted molar refractivity (Wildman–Crippen MR) is 151 cm³/mol. The molecule has 0 atom stereocenters. The fraction of sp³-hybridized carbons (Fsp3) is 0.182. The lowest BCUT2D eigenvalue weighted by Crippen LogP contribution is -2.14. The van der Waals surface area contributed by atoms with Gasteiger partial charge in [0.2, 0.25) is 0 Å². The minimum absolute atomic E-state index is 0.0228. The van der Waals surface area contributed by atoms with Gasteiger partial charge in [-0.15, -0.1) is 0 Å². The van der Waals surface area contributed by atoms with E-state index in [1.165, 1.54) is 6.07 Å². The first-order valence-electron chi connectivity index (χ1n) is 13.1. The molecule has 1 aromatic heterocycles. The van der Waals surface area contributed by atoms with Gasteiger partial charge >= 0.3 is 12.1 Å². The molecule has 0 amide bonds. The predicted octanol–water partition coefficient (Wildman–Crippen LogP) is 8.14. The first-order valence-corrected chi connectivity index (χ1v) is 13.1. The molecule has 5 nitrogen and oxygen atoms in total. The van der Waals surface area contributed by atoms with E-state index in [4.69, 9.17) is 14.2 Å². The van der Waals surface area contributed by atoms with Crippen molar-refractivity contribution in [3.8, 4) is 22.6 Å². The molecule has 5 aromatic rings. The molecule has 0 fully saturated rings. The van der Waals surface area contributed by atoms with Gasteiger partial charge in [0.15, 0.2) is 0 Å². The number of fused-ring (bicyclic) bond motifs is 1. The second kappa shape index (κ2) is 11.8. The molecule has 0 unspecified atom stereocenters. The van der Waals surface area contributed by atoms with Gasteiger partial charge in [-0.25, -0.2) is 4.79 Å². The molecule has 0 saturated carbocycles. The molecule has 0 aliphatic carbocycles. The maximum absolute atomic E-state index is 13.5. The minimum atomic E-state index is -4.49. The monoisotopic (exact) mass is 559 g/mol. The van der Waals surface area contributed by atoms with Gasteiger partial charge in [0.1, 0.15) is 23.8 Å². The van der Waals surface area contributed by atoms with E-state index >= 15 is 0 Å². The molecule has 1 heterocycles. The molecular weight excluding hydrogens is 531 g/mol. The second-order valence-corrected chi connectivity index (χ2v) is 9.41. The normalized spacial score (nSPS) is 11.4. The Bertz CT molecular complexity index is 1660. The van der Waals surface area contributed by atoms with Crippen LogP contribution >= 0.6 is 0 Å². The molecule has 0 saturated heterocycles. The van der Waals surface area contributed by atoms with Crippen LogP contribution in [0.2, 0.25) is 0 Å². The van der Waals surface area contributed by atoms with Gasteiger partial charge in [-0.05, 0) is 66.1 Å². The van der Waals surface area contributed by atoms with Crippen molar-refractivity contribution in [2.75, 3.05) is 13.7 Å². The zero-order valence-corrected chi connectivity index (χ0v) is 22.6. The zero-order valence-electron chi connectivity index (χ0n) is 22.6. The van der Waals surface area contributed by atoms with E-state index in [2.05, 4.69) is 0 Å². The van der Waals surface area contributed by atoms with Crippen LogP contribution in [0.5, 0.6) is 11.5 Å².